The third kappa shape index (κ3) is 4.32. The van der Waals surface area contributed by atoms with Gasteiger partial charge < -0.3 is 10.1 Å². The molecule has 2 atom stereocenters. The largest absolute Gasteiger partial charge is 0.456 e. The molecule has 0 aromatic heterocycles. The number of hydrogen-bond donors (Lipinski definition) is 1. The van der Waals surface area contributed by atoms with E-state index in [9.17, 15) is 9.59 Å². The predicted octanol–water partition coefficient (Wildman–Crippen LogP) is 2.22. The Kier molecular flexibility index (Phi) is 6.32. The van der Waals surface area contributed by atoms with Gasteiger partial charge in [0.1, 0.15) is 12.1 Å². The van der Waals surface area contributed by atoms with E-state index in [1.807, 2.05) is 55.2 Å². The Morgan fingerprint density at radius 1 is 1.38 bits per heavy atom. The molecule has 1 amide bonds. The number of nitrogens with zero attached hydrogens (tertiary/aromatic N) is 1. The molecule has 1 unspecified atom stereocenters. The summed E-state index contributed by atoms with van der Waals surface area (Å²) in [6.07, 6.45) is 3.17. The molecular formula is C19H24N2O3. The van der Waals surface area contributed by atoms with Crippen molar-refractivity contribution >= 4 is 11.9 Å². The quantitative estimate of drug-likeness (QED) is 0.643. The van der Waals surface area contributed by atoms with Crippen molar-refractivity contribution < 1.29 is 14.3 Å². The number of hydrogen-bond acceptors (Lipinski definition) is 4. The normalized spacial score (nSPS) is 18.4. The van der Waals surface area contributed by atoms with Crippen molar-refractivity contribution in [1.29, 1.82) is 0 Å². The molecule has 1 N–H and O–H groups in total. The number of ether oxygens (including phenoxy) is 1. The van der Waals surface area contributed by atoms with Crippen molar-refractivity contribution in [3.63, 3.8) is 0 Å². The number of carbonyl (C=O) groups is 2. The standard InChI is InChI=1S/C19H24N2O3/c1-4-15(5-2)14(3)24-19(23)18(16-9-7-6-8-10-16)21-12-11-20-17(22)13-21/h4-10,14,18H,1,11-13H2,2-3H3,(H,20,22)/b15-5+/t14-,18?/m0/s1. The van der Waals surface area contributed by atoms with Crippen LogP contribution >= 0.6 is 0 Å². The molecule has 0 aliphatic carbocycles. The van der Waals surface area contributed by atoms with Gasteiger partial charge in [0.25, 0.3) is 0 Å². The van der Waals surface area contributed by atoms with Crippen LogP contribution < -0.4 is 5.32 Å². The van der Waals surface area contributed by atoms with Gasteiger partial charge in [-0.3, -0.25) is 9.69 Å². The molecule has 2 rings (SSSR count). The lowest BCUT2D eigenvalue weighted by atomic mass is 10.0. The second-order valence-corrected chi connectivity index (χ2v) is 5.71. The summed E-state index contributed by atoms with van der Waals surface area (Å²) in [4.78, 5) is 26.4. The maximum atomic E-state index is 12.8. The van der Waals surface area contributed by atoms with E-state index >= 15 is 0 Å². The molecule has 0 radical (unpaired) electrons. The summed E-state index contributed by atoms with van der Waals surface area (Å²) in [5, 5.41) is 2.78. The summed E-state index contributed by atoms with van der Waals surface area (Å²) < 4.78 is 5.65. The molecule has 128 valence electrons. The number of rotatable bonds is 6. The monoisotopic (exact) mass is 328 g/mol. The van der Waals surface area contributed by atoms with Crippen LogP contribution in [0.2, 0.25) is 0 Å². The van der Waals surface area contributed by atoms with Crippen molar-refractivity contribution in [3.8, 4) is 0 Å². The smallest absolute Gasteiger partial charge is 0.328 e. The topological polar surface area (TPSA) is 58.6 Å². The zero-order valence-corrected chi connectivity index (χ0v) is 14.2. The summed E-state index contributed by atoms with van der Waals surface area (Å²) in [5.41, 5.74) is 1.68. The van der Waals surface area contributed by atoms with E-state index in [0.717, 1.165) is 11.1 Å². The van der Waals surface area contributed by atoms with Gasteiger partial charge in [-0.05, 0) is 25.0 Å². The Morgan fingerprint density at radius 3 is 2.67 bits per heavy atom. The third-order valence-electron chi connectivity index (χ3n) is 4.10. The average molecular weight is 328 g/mol. The summed E-state index contributed by atoms with van der Waals surface area (Å²) in [6.45, 7) is 8.75. The van der Waals surface area contributed by atoms with Crippen molar-refractivity contribution in [3.05, 3.63) is 60.2 Å². The van der Waals surface area contributed by atoms with Crippen LogP contribution in [0.3, 0.4) is 0 Å². The van der Waals surface area contributed by atoms with Crippen LogP contribution in [0.25, 0.3) is 0 Å². The lowest BCUT2D eigenvalue weighted by Crippen LogP contribution is -2.50. The number of carbonyl (C=O) groups excluding carboxylic acids is 2. The van der Waals surface area contributed by atoms with E-state index < -0.39 is 6.04 Å². The lowest BCUT2D eigenvalue weighted by molar-refractivity contribution is -0.154. The summed E-state index contributed by atoms with van der Waals surface area (Å²) in [7, 11) is 0. The van der Waals surface area contributed by atoms with Crippen molar-refractivity contribution in [1.82, 2.24) is 10.2 Å². The summed E-state index contributed by atoms with van der Waals surface area (Å²) in [5.74, 6) is -0.437. The highest BCUT2D eigenvalue weighted by atomic mass is 16.5. The highest BCUT2D eigenvalue weighted by Crippen LogP contribution is 2.24. The summed E-state index contributed by atoms with van der Waals surface area (Å²) >= 11 is 0. The second kappa shape index (κ2) is 8.45. The Bertz CT molecular complexity index is 625. The number of nitrogens with one attached hydrogen (secondary N) is 1. The molecule has 1 heterocycles. The first-order valence-electron chi connectivity index (χ1n) is 8.11. The fourth-order valence-electron chi connectivity index (χ4n) is 2.84. The highest BCUT2D eigenvalue weighted by Gasteiger charge is 2.33. The number of benzene rings is 1. The van der Waals surface area contributed by atoms with Crippen LogP contribution in [0.5, 0.6) is 0 Å². The number of piperazine rings is 1. The van der Waals surface area contributed by atoms with Crippen LogP contribution in [0, 0.1) is 0 Å². The molecule has 24 heavy (non-hydrogen) atoms. The Morgan fingerprint density at radius 2 is 2.08 bits per heavy atom. The zero-order chi connectivity index (χ0) is 17.5. The number of esters is 1. The number of amides is 1. The third-order valence-corrected chi connectivity index (χ3v) is 4.10. The molecule has 0 bridgehead atoms. The molecule has 1 aromatic carbocycles. The minimum atomic E-state index is -0.595. The van der Waals surface area contributed by atoms with E-state index in [0.29, 0.717) is 13.1 Å². The molecule has 1 fully saturated rings. The van der Waals surface area contributed by atoms with Crippen LogP contribution in [-0.4, -0.2) is 42.5 Å². The van der Waals surface area contributed by atoms with Gasteiger partial charge in [-0.1, -0.05) is 49.1 Å². The molecule has 5 nitrogen and oxygen atoms in total. The first kappa shape index (κ1) is 17.9. The lowest BCUT2D eigenvalue weighted by Gasteiger charge is -2.33. The minimum Gasteiger partial charge on any atom is -0.456 e. The first-order chi connectivity index (χ1) is 11.6. The number of allylic oxidation sites excluding steroid dienone is 1. The van der Waals surface area contributed by atoms with E-state index in [4.69, 9.17) is 4.74 Å². The van der Waals surface area contributed by atoms with Gasteiger partial charge in [0, 0.05) is 13.1 Å². The predicted molar refractivity (Wildman–Crippen MR) is 93.3 cm³/mol. The second-order valence-electron chi connectivity index (χ2n) is 5.71. The molecule has 1 aromatic rings. The van der Waals surface area contributed by atoms with Gasteiger partial charge >= 0.3 is 5.97 Å². The van der Waals surface area contributed by atoms with Crippen molar-refractivity contribution in [2.45, 2.75) is 26.0 Å². The summed E-state index contributed by atoms with van der Waals surface area (Å²) in [6, 6.07) is 8.82. The van der Waals surface area contributed by atoms with Crippen molar-refractivity contribution in [2.75, 3.05) is 19.6 Å². The molecule has 1 saturated heterocycles. The fraction of sp³-hybridized carbons (Fsp3) is 0.368. The zero-order valence-electron chi connectivity index (χ0n) is 14.2. The van der Waals surface area contributed by atoms with Gasteiger partial charge in [0.15, 0.2) is 0 Å². The molecule has 1 aliphatic heterocycles. The molecular weight excluding hydrogens is 304 g/mol. The Labute approximate surface area is 143 Å². The van der Waals surface area contributed by atoms with Crippen LogP contribution in [-0.2, 0) is 14.3 Å². The molecule has 0 spiro atoms. The van der Waals surface area contributed by atoms with Gasteiger partial charge in [-0.15, -0.1) is 0 Å². The van der Waals surface area contributed by atoms with Gasteiger partial charge in [-0.2, -0.15) is 0 Å². The SMILES string of the molecule is C=C/C(=C\C)[C@H](C)OC(=O)C(c1ccccc1)N1CCNC(=O)C1. The van der Waals surface area contributed by atoms with Crippen molar-refractivity contribution in [2.24, 2.45) is 0 Å². The molecule has 0 saturated carbocycles. The van der Waals surface area contributed by atoms with Crippen LogP contribution in [0.15, 0.2) is 54.6 Å². The molecule has 5 heteroatoms. The van der Waals surface area contributed by atoms with Crippen LogP contribution in [0.4, 0.5) is 0 Å². The van der Waals surface area contributed by atoms with E-state index in [1.54, 1.807) is 6.08 Å². The highest BCUT2D eigenvalue weighted by molar-refractivity contribution is 5.82. The van der Waals surface area contributed by atoms with Crippen LogP contribution in [0.1, 0.15) is 25.5 Å². The average Bonchev–Trinajstić information content (AvgIpc) is 2.57. The van der Waals surface area contributed by atoms with E-state index in [-0.39, 0.29) is 24.5 Å². The van der Waals surface area contributed by atoms with E-state index in [1.165, 1.54) is 0 Å². The Hall–Kier alpha value is -2.40. The molecule has 1 aliphatic rings. The van der Waals surface area contributed by atoms with E-state index in [2.05, 4.69) is 11.9 Å². The fourth-order valence-corrected chi connectivity index (χ4v) is 2.84. The first-order valence-corrected chi connectivity index (χ1v) is 8.11. The van der Waals surface area contributed by atoms with Gasteiger partial charge in [-0.25, -0.2) is 4.79 Å². The Balaban J connectivity index is 2.23. The minimum absolute atomic E-state index is 0.0803. The maximum Gasteiger partial charge on any atom is 0.328 e. The van der Waals surface area contributed by atoms with Gasteiger partial charge in [0.05, 0.1) is 6.54 Å². The maximum absolute atomic E-state index is 12.8. The van der Waals surface area contributed by atoms with Gasteiger partial charge in [0.2, 0.25) is 5.91 Å².